The van der Waals surface area contributed by atoms with Crippen LogP contribution in [0, 0.1) is 0 Å². The molecule has 0 N–H and O–H groups in total. The summed E-state index contributed by atoms with van der Waals surface area (Å²) in [6.45, 7) is 3.77. The lowest BCUT2D eigenvalue weighted by Gasteiger charge is -2.09. The van der Waals surface area contributed by atoms with Crippen LogP contribution in [-0.2, 0) is 0 Å². The highest BCUT2D eigenvalue weighted by Gasteiger charge is 2.16. The molecule has 0 saturated carbocycles. The van der Waals surface area contributed by atoms with Crippen LogP contribution in [0.5, 0.6) is 0 Å². The lowest BCUT2D eigenvalue weighted by atomic mass is 9.98. The summed E-state index contributed by atoms with van der Waals surface area (Å²) in [5, 5.41) is 0. The Hall–Kier alpha value is -3.72. The van der Waals surface area contributed by atoms with Gasteiger partial charge in [-0.1, -0.05) is 62.4 Å². The predicted molar refractivity (Wildman–Crippen MR) is 122 cm³/mol. The fourth-order valence-corrected chi connectivity index (χ4v) is 3.62. The van der Waals surface area contributed by atoms with Gasteiger partial charge in [-0.3, -0.25) is 4.98 Å². The third kappa shape index (κ3) is 3.39. The largest absolute Gasteiger partial charge is 0.435 e. The maximum Gasteiger partial charge on any atom is 0.227 e. The Labute approximate surface area is 177 Å². The molecule has 3 heteroatoms. The zero-order chi connectivity index (χ0) is 21.4. The molecule has 0 aliphatic rings. The van der Waals surface area contributed by atoms with Crippen LogP contribution in [0.25, 0.3) is 44.9 Å². The molecule has 0 saturated heterocycles. The van der Waals surface area contributed by atoms with Gasteiger partial charge < -0.3 is 4.42 Å². The van der Waals surface area contributed by atoms with Crippen LogP contribution in [0.2, 0.25) is 0 Å². The first-order valence-corrected chi connectivity index (χ1v) is 10.0. The van der Waals surface area contributed by atoms with Gasteiger partial charge in [0.15, 0.2) is 5.58 Å². The monoisotopic (exact) mass is 391 g/mol. The molecule has 0 unspecified atom stereocenters. The van der Waals surface area contributed by atoms with Gasteiger partial charge >= 0.3 is 0 Å². The van der Waals surface area contributed by atoms with Gasteiger partial charge in [-0.05, 0) is 53.4 Å². The Morgan fingerprint density at radius 1 is 0.800 bits per heavy atom. The molecule has 0 atom stereocenters. The molecule has 0 radical (unpaired) electrons. The Morgan fingerprint density at radius 3 is 2.20 bits per heavy atom. The number of benzene rings is 3. The second-order valence-corrected chi connectivity index (χ2v) is 7.55. The van der Waals surface area contributed by atoms with Crippen molar-refractivity contribution in [3.63, 3.8) is 0 Å². The molecule has 0 aliphatic heterocycles. The third-order valence-electron chi connectivity index (χ3n) is 5.23. The van der Waals surface area contributed by atoms with Crippen LogP contribution in [0.15, 0.2) is 95.5 Å². The fraction of sp³-hybridized carbons (Fsp3) is 0.111. The van der Waals surface area contributed by atoms with E-state index < -0.39 is 5.89 Å². The maximum absolute atomic E-state index is 8.38. The van der Waals surface area contributed by atoms with Crippen molar-refractivity contribution in [1.82, 2.24) is 9.97 Å². The summed E-state index contributed by atoms with van der Waals surface area (Å²) in [6, 6.07) is 28.1. The Balaban J connectivity index is 1.74. The molecule has 2 heterocycles. The van der Waals surface area contributed by atoms with E-state index in [1.807, 2.05) is 80.6 Å². The highest BCUT2D eigenvalue weighted by Crippen LogP contribution is 2.36. The van der Waals surface area contributed by atoms with Crippen molar-refractivity contribution in [3.8, 4) is 33.8 Å². The predicted octanol–water partition coefficient (Wildman–Crippen LogP) is 7.35. The second kappa shape index (κ2) is 7.60. The van der Waals surface area contributed by atoms with E-state index in [4.69, 9.17) is 10.8 Å². The number of nitrogens with zero attached hydrogens (tertiary/aromatic N) is 2. The first kappa shape index (κ1) is 17.2. The van der Waals surface area contributed by atoms with E-state index in [1.54, 1.807) is 6.20 Å². The van der Waals surface area contributed by atoms with Gasteiger partial charge in [0.2, 0.25) is 5.89 Å². The molecule has 146 valence electrons. The lowest BCUT2D eigenvalue weighted by Crippen LogP contribution is -1.91. The molecule has 5 rings (SSSR count). The van der Waals surface area contributed by atoms with Gasteiger partial charge in [-0.2, -0.15) is 0 Å². The summed E-state index contributed by atoms with van der Waals surface area (Å²) in [5.41, 5.74) is 7.20. The molecular weight excluding hydrogens is 368 g/mol. The summed E-state index contributed by atoms with van der Waals surface area (Å²) in [5.74, 6) is -0.0998. The van der Waals surface area contributed by atoms with E-state index in [9.17, 15) is 0 Å². The van der Waals surface area contributed by atoms with Crippen LogP contribution in [0.4, 0.5) is 0 Å². The molecule has 0 spiro atoms. The van der Waals surface area contributed by atoms with Crippen LogP contribution >= 0.6 is 0 Å². The smallest absolute Gasteiger partial charge is 0.227 e. The fourth-order valence-electron chi connectivity index (χ4n) is 3.62. The average Bonchev–Trinajstić information content (AvgIpc) is 3.23. The SMILES string of the molecule is [2H]C(C)(C)c1ccnc(-c2cc(-c3ccccc3)c3oc(-c4ccccc4)nc3c2)c1. The average molecular weight is 391 g/mol. The van der Waals surface area contributed by atoms with E-state index in [-0.39, 0.29) is 0 Å². The number of oxazole rings is 1. The van der Waals surface area contributed by atoms with Crippen molar-refractivity contribution in [2.24, 2.45) is 0 Å². The van der Waals surface area contributed by atoms with Crippen molar-refractivity contribution in [2.75, 3.05) is 0 Å². The number of hydrogen-bond donors (Lipinski definition) is 0. The zero-order valence-electron chi connectivity index (χ0n) is 18.0. The third-order valence-corrected chi connectivity index (χ3v) is 5.23. The number of rotatable bonds is 4. The normalized spacial score (nSPS) is 12.1. The van der Waals surface area contributed by atoms with Gasteiger partial charge in [0.1, 0.15) is 5.52 Å². The minimum atomic E-state index is -0.696. The van der Waals surface area contributed by atoms with Crippen LogP contribution in [0.3, 0.4) is 0 Å². The van der Waals surface area contributed by atoms with Crippen molar-refractivity contribution >= 4 is 11.1 Å². The zero-order valence-corrected chi connectivity index (χ0v) is 17.0. The molecule has 2 aromatic heterocycles. The summed E-state index contributed by atoms with van der Waals surface area (Å²) in [7, 11) is 0. The quantitative estimate of drug-likeness (QED) is 0.321. The first-order chi connectivity index (χ1) is 15.0. The summed E-state index contributed by atoms with van der Waals surface area (Å²) in [4.78, 5) is 9.38. The maximum atomic E-state index is 8.38. The summed E-state index contributed by atoms with van der Waals surface area (Å²) < 4.78 is 14.6. The molecular formula is C27H22N2O. The van der Waals surface area contributed by atoms with Crippen LogP contribution in [-0.4, -0.2) is 9.97 Å². The van der Waals surface area contributed by atoms with Crippen molar-refractivity contribution in [2.45, 2.75) is 19.7 Å². The van der Waals surface area contributed by atoms with Crippen molar-refractivity contribution in [3.05, 3.63) is 96.7 Å². The van der Waals surface area contributed by atoms with Crippen LogP contribution in [0.1, 0.15) is 26.7 Å². The topological polar surface area (TPSA) is 38.9 Å². The molecule has 3 nitrogen and oxygen atoms in total. The second-order valence-electron chi connectivity index (χ2n) is 7.55. The standard InChI is InChI=1S/C27H22N2O/c1-18(2)21-13-14-28-24(16-21)22-15-23(19-9-5-3-6-10-19)26-25(17-22)29-27(30-26)20-11-7-4-8-12-20/h3-18H,1-2H3/i18D. The Bertz CT molecular complexity index is 1350. The highest BCUT2D eigenvalue weighted by atomic mass is 16.3. The number of hydrogen-bond acceptors (Lipinski definition) is 3. The molecule has 0 bridgehead atoms. The number of aromatic nitrogens is 2. The Kier molecular flexibility index (Phi) is 4.35. The molecule has 3 aromatic carbocycles. The summed E-state index contributed by atoms with van der Waals surface area (Å²) in [6.07, 6.45) is 1.77. The van der Waals surface area contributed by atoms with Gasteiger partial charge in [0.25, 0.3) is 0 Å². The van der Waals surface area contributed by atoms with Gasteiger partial charge in [0.05, 0.1) is 5.69 Å². The minimum Gasteiger partial charge on any atom is -0.435 e. The van der Waals surface area contributed by atoms with E-state index >= 15 is 0 Å². The summed E-state index contributed by atoms with van der Waals surface area (Å²) >= 11 is 0. The Morgan fingerprint density at radius 2 is 1.50 bits per heavy atom. The lowest BCUT2D eigenvalue weighted by molar-refractivity contribution is 0.621. The van der Waals surface area contributed by atoms with Gasteiger partial charge in [-0.15, -0.1) is 0 Å². The van der Waals surface area contributed by atoms with E-state index in [0.29, 0.717) is 5.89 Å². The number of pyridine rings is 1. The van der Waals surface area contributed by atoms with E-state index in [1.165, 1.54) is 0 Å². The van der Waals surface area contributed by atoms with Crippen molar-refractivity contribution < 1.29 is 5.79 Å². The molecule has 5 aromatic rings. The first-order valence-electron chi connectivity index (χ1n) is 10.5. The molecule has 0 fully saturated rings. The van der Waals surface area contributed by atoms with Gasteiger partial charge in [-0.25, -0.2) is 4.98 Å². The van der Waals surface area contributed by atoms with E-state index in [2.05, 4.69) is 23.2 Å². The van der Waals surface area contributed by atoms with Crippen LogP contribution < -0.4 is 0 Å². The van der Waals surface area contributed by atoms with Gasteiger partial charge in [0, 0.05) is 24.3 Å². The molecule has 0 aliphatic carbocycles. The number of fused-ring (bicyclic) bond motifs is 1. The molecule has 30 heavy (non-hydrogen) atoms. The van der Waals surface area contributed by atoms with E-state index in [0.717, 1.165) is 44.6 Å². The highest BCUT2D eigenvalue weighted by molar-refractivity contribution is 5.95. The molecule has 0 amide bonds. The minimum absolute atomic E-state index is 0.596. The van der Waals surface area contributed by atoms with Crippen molar-refractivity contribution in [1.29, 1.82) is 0 Å².